The molecule has 1 spiro atoms. The summed E-state index contributed by atoms with van der Waals surface area (Å²) in [5.41, 5.74) is -4.21. The number of aliphatic hydroxyl groups excluding tert-OH is 1. The maximum atomic E-state index is 14.3. The molecule has 9 heteroatoms. The van der Waals surface area contributed by atoms with Crippen LogP contribution in [0.5, 0.6) is 0 Å². The topological polar surface area (TPSA) is 74.2 Å². The van der Waals surface area contributed by atoms with Crippen molar-refractivity contribution < 1.29 is 42.0 Å². The molecule has 35 heavy (non-hydrogen) atoms. The summed E-state index contributed by atoms with van der Waals surface area (Å²) in [5, 5.41) is 11.6. The zero-order valence-corrected chi connectivity index (χ0v) is 20.4. The van der Waals surface area contributed by atoms with E-state index < -0.39 is 47.1 Å². The zero-order valence-electron chi connectivity index (χ0n) is 20.4. The number of fused-ring (bicyclic) bond motifs is 1. The summed E-state index contributed by atoms with van der Waals surface area (Å²) in [7, 11) is 2.37. The summed E-state index contributed by atoms with van der Waals surface area (Å²) < 4.78 is 64.6. The third-order valence-electron chi connectivity index (χ3n) is 8.92. The molecule has 0 bridgehead atoms. The first-order valence-electron chi connectivity index (χ1n) is 11.8. The lowest BCUT2D eigenvalue weighted by atomic mass is 9.61. The first-order chi connectivity index (χ1) is 16.4. The summed E-state index contributed by atoms with van der Waals surface area (Å²) in [4.78, 5) is 13.2. The van der Waals surface area contributed by atoms with Crippen LogP contribution in [0.4, 0.5) is 13.2 Å². The second-order valence-corrected chi connectivity index (χ2v) is 10.3. The van der Waals surface area contributed by atoms with Crippen molar-refractivity contribution in [1.82, 2.24) is 0 Å². The van der Waals surface area contributed by atoms with Crippen LogP contribution in [0.25, 0.3) is 0 Å². The smallest absolute Gasteiger partial charge is 0.432 e. The molecule has 1 aliphatic heterocycles. The molecule has 3 fully saturated rings. The van der Waals surface area contributed by atoms with Crippen molar-refractivity contribution >= 4 is 5.97 Å². The van der Waals surface area contributed by atoms with E-state index >= 15 is 0 Å². The van der Waals surface area contributed by atoms with Gasteiger partial charge in [-0.3, -0.25) is 0 Å². The van der Waals surface area contributed by atoms with Crippen LogP contribution in [0.1, 0.15) is 38.7 Å². The van der Waals surface area contributed by atoms with Crippen LogP contribution < -0.4 is 0 Å². The molecule has 3 aliphatic rings. The minimum atomic E-state index is -5.03. The van der Waals surface area contributed by atoms with E-state index in [9.17, 15) is 23.1 Å². The minimum absolute atomic E-state index is 0.144. The van der Waals surface area contributed by atoms with Gasteiger partial charge in [-0.2, -0.15) is 13.2 Å². The summed E-state index contributed by atoms with van der Waals surface area (Å²) in [6.07, 6.45) is -6.18. The number of aliphatic hydroxyl groups is 1. The highest BCUT2D eigenvalue weighted by Gasteiger charge is 2.69. The average Bonchev–Trinajstić information content (AvgIpc) is 3.24. The van der Waals surface area contributed by atoms with Crippen molar-refractivity contribution in [2.75, 3.05) is 20.8 Å². The molecule has 1 aromatic carbocycles. The maximum absolute atomic E-state index is 14.3. The van der Waals surface area contributed by atoms with Gasteiger partial charge in [0.1, 0.15) is 6.10 Å². The molecule has 1 saturated heterocycles. The van der Waals surface area contributed by atoms with Crippen molar-refractivity contribution in [3.05, 3.63) is 48.0 Å². The highest BCUT2D eigenvalue weighted by molar-refractivity contribution is 5.82. The Morgan fingerprint density at radius 2 is 1.86 bits per heavy atom. The fourth-order valence-electron chi connectivity index (χ4n) is 6.77. The van der Waals surface area contributed by atoms with E-state index in [4.69, 9.17) is 18.9 Å². The number of rotatable bonds is 5. The number of carbonyl (C=O) groups is 1. The van der Waals surface area contributed by atoms with Crippen molar-refractivity contribution in [3.8, 4) is 0 Å². The lowest BCUT2D eigenvalue weighted by Gasteiger charge is -2.48. The molecule has 8 atom stereocenters. The number of carbonyl (C=O) groups excluding carboxylic acids is 1. The van der Waals surface area contributed by atoms with Gasteiger partial charge in [0, 0.05) is 25.2 Å². The zero-order chi connectivity index (χ0) is 25.8. The van der Waals surface area contributed by atoms with Crippen LogP contribution in [0.2, 0.25) is 0 Å². The largest absolute Gasteiger partial charge is 0.460 e. The monoisotopic (exact) mass is 498 g/mol. The molecule has 2 aliphatic carbocycles. The molecule has 6 nitrogen and oxygen atoms in total. The maximum Gasteiger partial charge on any atom is 0.432 e. The SMILES string of the molecule is C=C1CO[C@@H](OC)[C@@]12C[C@H]1C[C@H](OC(=O)[C@@](OC)(c3ccccc3)C(F)(F)F)C[C@H](C)[C@@]1(C)[C@@H]2O. The molecule has 1 heterocycles. The van der Waals surface area contributed by atoms with Crippen LogP contribution in [-0.2, 0) is 29.3 Å². The number of benzene rings is 1. The Kier molecular flexibility index (Phi) is 6.62. The van der Waals surface area contributed by atoms with Gasteiger partial charge in [0.05, 0.1) is 18.1 Å². The van der Waals surface area contributed by atoms with E-state index in [0.717, 1.165) is 12.7 Å². The Bertz CT molecular complexity index is 968. The molecule has 0 radical (unpaired) electrons. The van der Waals surface area contributed by atoms with Crippen molar-refractivity contribution in [2.24, 2.45) is 22.7 Å². The predicted octanol–water partition coefficient (Wildman–Crippen LogP) is 4.36. The van der Waals surface area contributed by atoms with Gasteiger partial charge in [-0.05, 0) is 36.7 Å². The molecule has 194 valence electrons. The van der Waals surface area contributed by atoms with Crippen LogP contribution in [0, 0.1) is 22.7 Å². The van der Waals surface area contributed by atoms with Gasteiger partial charge in [0.2, 0.25) is 0 Å². The van der Waals surface area contributed by atoms with Crippen LogP contribution >= 0.6 is 0 Å². The van der Waals surface area contributed by atoms with Crippen LogP contribution in [0.15, 0.2) is 42.5 Å². The van der Waals surface area contributed by atoms with Crippen molar-refractivity contribution in [1.29, 1.82) is 0 Å². The highest BCUT2D eigenvalue weighted by atomic mass is 19.4. The number of esters is 1. The second-order valence-electron chi connectivity index (χ2n) is 10.3. The number of hydrogen-bond acceptors (Lipinski definition) is 6. The first-order valence-corrected chi connectivity index (χ1v) is 11.8. The Morgan fingerprint density at radius 1 is 1.20 bits per heavy atom. The molecule has 0 aromatic heterocycles. The third-order valence-corrected chi connectivity index (χ3v) is 8.92. The molecular weight excluding hydrogens is 465 g/mol. The third kappa shape index (κ3) is 3.57. The lowest BCUT2D eigenvalue weighted by Crippen LogP contribution is -2.54. The Hall–Kier alpha value is -1.94. The van der Waals surface area contributed by atoms with E-state index in [1.807, 2.05) is 13.8 Å². The molecule has 0 amide bonds. The molecule has 4 rings (SSSR count). The first kappa shape index (κ1) is 26.1. The fraction of sp³-hybridized carbons (Fsp3) is 0.654. The molecule has 1 aromatic rings. The van der Waals surface area contributed by atoms with Gasteiger partial charge in [-0.25, -0.2) is 4.79 Å². The Balaban J connectivity index is 1.62. The molecule has 2 saturated carbocycles. The lowest BCUT2D eigenvalue weighted by molar-refractivity contribution is -0.279. The van der Waals surface area contributed by atoms with E-state index in [-0.39, 0.29) is 24.0 Å². The van der Waals surface area contributed by atoms with Gasteiger partial charge in [-0.1, -0.05) is 50.8 Å². The number of hydrogen-bond donors (Lipinski definition) is 1. The van der Waals surface area contributed by atoms with E-state index in [1.165, 1.54) is 31.4 Å². The Labute approximate surface area is 203 Å². The Morgan fingerprint density at radius 3 is 2.43 bits per heavy atom. The normalized spacial score (nSPS) is 38.9. The molecular formula is C26H33F3O6. The summed E-state index contributed by atoms with van der Waals surface area (Å²) >= 11 is 0. The van der Waals surface area contributed by atoms with Crippen LogP contribution in [0.3, 0.4) is 0 Å². The van der Waals surface area contributed by atoms with E-state index in [0.29, 0.717) is 19.3 Å². The number of alkyl halides is 3. The van der Waals surface area contributed by atoms with Crippen molar-refractivity contribution in [2.45, 2.75) is 63.4 Å². The summed E-state index contributed by atoms with van der Waals surface area (Å²) in [5.74, 6) is -1.79. The fourth-order valence-corrected chi connectivity index (χ4v) is 6.77. The van der Waals surface area contributed by atoms with E-state index in [2.05, 4.69) is 6.58 Å². The minimum Gasteiger partial charge on any atom is -0.460 e. The second kappa shape index (κ2) is 8.87. The highest BCUT2D eigenvalue weighted by Crippen LogP contribution is 2.66. The van der Waals surface area contributed by atoms with Gasteiger partial charge < -0.3 is 24.1 Å². The molecule has 1 N–H and O–H groups in total. The number of halogens is 3. The predicted molar refractivity (Wildman–Crippen MR) is 120 cm³/mol. The van der Waals surface area contributed by atoms with E-state index in [1.54, 1.807) is 6.07 Å². The number of methoxy groups -OCH3 is 2. The van der Waals surface area contributed by atoms with Gasteiger partial charge in [-0.15, -0.1) is 0 Å². The quantitative estimate of drug-likeness (QED) is 0.480. The van der Waals surface area contributed by atoms with Gasteiger partial charge in [0.15, 0.2) is 6.29 Å². The number of ether oxygens (including phenoxy) is 4. The average molecular weight is 499 g/mol. The molecule has 0 unspecified atom stereocenters. The summed E-state index contributed by atoms with van der Waals surface area (Å²) in [6, 6.07) is 6.79. The van der Waals surface area contributed by atoms with Crippen LogP contribution in [-0.4, -0.2) is 56.6 Å². The van der Waals surface area contributed by atoms with Gasteiger partial charge in [0.25, 0.3) is 5.60 Å². The standard InChI is InChI=1S/C26H33F3O6/c1-15-11-19(35-21(31)25(33-5,26(27,28)29)17-9-7-6-8-10-17)12-18-13-24(20(30)23(15,18)3)16(2)14-34-22(24)32-4/h6-10,15,18-20,22,30H,2,11-14H2,1,3-5H3/t15-,18+,19+,20-,22+,23+,24-,25-/m0/s1. The van der Waals surface area contributed by atoms with Gasteiger partial charge >= 0.3 is 12.1 Å². The van der Waals surface area contributed by atoms with Crippen molar-refractivity contribution in [3.63, 3.8) is 0 Å². The summed E-state index contributed by atoms with van der Waals surface area (Å²) in [6.45, 7) is 8.31.